The van der Waals surface area contributed by atoms with E-state index < -0.39 is 0 Å². The topological polar surface area (TPSA) is 24.0 Å². The fourth-order valence-electron chi connectivity index (χ4n) is 3.06. The molecule has 1 atom stereocenters. The number of aromatic nitrogens is 2. The van der Waals surface area contributed by atoms with Gasteiger partial charge in [-0.05, 0) is 63.1 Å². The summed E-state index contributed by atoms with van der Waals surface area (Å²) in [6.07, 6.45) is 1.25. The van der Waals surface area contributed by atoms with Gasteiger partial charge in [-0.2, -0.15) is 0 Å². The van der Waals surface area contributed by atoms with Crippen molar-refractivity contribution in [1.29, 1.82) is 0 Å². The zero-order valence-corrected chi connectivity index (χ0v) is 13.5. The highest BCUT2D eigenvalue weighted by molar-refractivity contribution is 7.71. The second-order valence-corrected chi connectivity index (χ2v) is 6.77. The lowest BCUT2D eigenvalue weighted by molar-refractivity contribution is 0.261. The van der Waals surface area contributed by atoms with Crippen molar-refractivity contribution in [3.05, 3.63) is 28.0 Å². The lowest BCUT2D eigenvalue weighted by atomic mass is 10.1. The van der Waals surface area contributed by atoms with E-state index >= 15 is 0 Å². The van der Waals surface area contributed by atoms with Gasteiger partial charge in [0.2, 0.25) is 0 Å². The first-order valence-electron chi connectivity index (χ1n) is 7.16. The molecule has 0 radical (unpaired) electrons. The lowest BCUT2D eigenvalue weighted by Crippen LogP contribution is -2.28. The maximum Gasteiger partial charge on any atom is 0.178 e. The molecule has 3 rings (SSSR count). The first kappa shape index (κ1) is 14.1. The Kier molecular flexibility index (Phi) is 3.89. The summed E-state index contributed by atoms with van der Waals surface area (Å²) in [5.41, 5.74) is 2.18. The van der Waals surface area contributed by atoms with E-state index in [1.165, 1.54) is 19.5 Å². The van der Waals surface area contributed by atoms with Crippen molar-refractivity contribution in [3.63, 3.8) is 0 Å². The number of H-pyrrole nitrogens is 1. The summed E-state index contributed by atoms with van der Waals surface area (Å²) in [6.45, 7) is 7.89. The molecular weight excluding hydrogens is 290 g/mol. The molecule has 0 aliphatic carbocycles. The Labute approximate surface area is 129 Å². The monoisotopic (exact) mass is 309 g/mol. The average Bonchev–Trinajstić information content (AvgIpc) is 2.96. The number of halogens is 1. The molecule has 0 saturated carbocycles. The lowest BCUT2D eigenvalue weighted by Gasteiger charge is -2.20. The Morgan fingerprint density at radius 2 is 2.25 bits per heavy atom. The minimum absolute atomic E-state index is 0.634. The molecule has 0 bridgehead atoms. The van der Waals surface area contributed by atoms with Gasteiger partial charge in [0.25, 0.3) is 0 Å². The van der Waals surface area contributed by atoms with E-state index in [-0.39, 0.29) is 0 Å². The number of fused-ring (bicyclic) bond motifs is 1. The Morgan fingerprint density at radius 1 is 1.45 bits per heavy atom. The normalized spacial score (nSPS) is 20.3. The van der Waals surface area contributed by atoms with Crippen LogP contribution < -0.4 is 0 Å². The second-order valence-electron chi connectivity index (χ2n) is 5.95. The molecule has 20 heavy (non-hydrogen) atoms. The van der Waals surface area contributed by atoms with Crippen molar-refractivity contribution in [2.75, 3.05) is 13.1 Å². The largest absolute Gasteiger partial charge is 0.331 e. The molecule has 2 heterocycles. The number of benzene rings is 1. The number of nitrogens with one attached hydrogen (secondary N) is 1. The van der Waals surface area contributed by atoms with Gasteiger partial charge in [0.15, 0.2) is 4.77 Å². The van der Waals surface area contributed by atoms with Gasteiger partial charge in [0, 0.05) is 24.2 Å². The number of rotatable bonds is 3. The Morgan fingerprint density at radius 3 is 2.95 bits per heavy atom. The second kappa shape index (κ2) is 5.51. The highest BCUT2D eigenvalue weighted by Crippen LogP contribution is 2.24. The van der Waals surface area contributed by atoms with Crippen LogP contribution in [0.3, 0.4) is 0 Å². The van der Waals surface area contributed by atoms with Gasteiger partial charge < -0.3 is 14.5 Å². The van der Waals surface area contributed by atoms with Crippen molar-refractivity contribution in [1.82, 2.24) is 14.5 Å². The predicted molar refractivity (Wildman–Crippen MR) is 86.9 cm³/mol. The molecule has 108 valence electrons. The number of aromatic amines is 1. The van der Waals surface area contributed by atoms with Crippen LogP contribution in [0.1, 0.15) is 20.3 Å². The molecule has 3 nitrogen and oxygen atoms in total. The molecule has 1 N–H and O–H groups in total. The molecule has 0 amide bonds. The fraction of sp³-hybridized carbons (Fsp3) is 0.533. The molecule has 1 aromatic carbocycles. The molecule has 5 heteroatoms. The van der Waals surface area contributed by atoms with E-state index in [9.17, 15) is 0 Å². The van der Waals surface area contributed by atoms with E-state index in [1.807, 2.05) is 12.1 Å². The zero-order chi connectivity index (χ0) is 14.3. The van der Waals surface area contributed by atoms with Gasteiger partial charge in [-0.1, -0.05) is 11.6 Å². The van der Waals surface area contributed by atoms with Gasteiger partial charge in [-0.15, -0.1) is 0 Å². The molecule has 1 aromatic heterocycles. The summed E-state index contributed by atoms with van der Waals surface area (Å²) in [7, 11) is 0. The number of likely N-dealkylation sites (tertiary alicyclic amines) is 1. The van der Waals surface area contributed by atoms with Crippen LogP contribution in [0.2, 0.25) is 5.02 Å². The molecule has 1 saturated heterocycles. The predicted octanol–water partition coefficient (Wildman–Crippen LogP) is 4.08. The fourth-order valence-corrected chi connectivity index (χ4v) is 3.51. The summed E-state index contributed by atoms with van der Waals surface area (Å²) in [5, 5.41) is 0.743. The van der Waals surface area contributed by atoms with Crippen LogP contribution in [-0.4, -0.2) is 33.6 Å². The highest BCUT2D eigenvalue weighted by Gasteiger charge is 2.25. The number of hydrogen-bond acceptors (Lipinski definition) is 2. The van der Waals surface area contributed by atoms with Crippen LogP contribution in [-0.2, 0) is 6.54 Å². The Bertz CT molecular complexity index is 673. The van der Waals surface area contributed by atoms with Crippen molar-refractivity contribution in [2.24, 2.45) is 5.92 Å². The minimum atomic E-state index is 0.634. The van der Waals surface area contributed by atoms with Crippen molar-refractivity contribution in [3.8, 4) is 0 Å². The average molecular weight is 310 g/mol. The molecule has 1 aliphatic heterocycles. The van der Waals surface area contributed by atoms with Gasteiger partial charge in [-0.25, -0.2) is 0 Å². The quantitative estimate of drug-likeness (QED) is 0.864. The molecule has 2 aromatic rings. The number of imidazole rings is 1. The molecule has 1 aliphatic rings. The van der Waals surface area contributed by atoms with E-state index in [0.29, 0.717) is 12.0 Å². The van der Waals surface area contributed by atoms with Crippen LogP contribution in [0, 0.1) is 10.7 Å². The third kappa shape index (κ3) is 2.65. The van der Waals surface area contributed by atoms with Crippen molar-refractivity contribution >= 4 is 34.9 Å². The highest BCUT2D eigenvalue weighted by atomic mass is 35.5. The van der Waals surface area contributed by atoms with Crippen LogP contribution in [0.25, 0.3) is 11.0 Å². The molecular formula is C15H20ClN3S. The zero-order valence-electron chi connectivity index (χ0n) is 11.9. The summed E-state index contributed by atoms with van der Waals surface area (Å²) in [6, 6.07) is 6.56. The number of nitrogens with zero attached hydrogens (tertiary/aromatic N) is 2. The molecule has 1 fully saturated rings. The third-order valence-electron chi connectivity index (χ3n) is 4.22. The van der Waals surface area contributed by atoms with Gasteiger partial charge in [0.1, 0.15) is 0 Å². The van der Waals surface area contributed by atoms with Gasteiger partial charge in [-0.3, -0.25) is 0 Å². The summed E-state index contributed by atoms with van der Waals surface area (Å²) in [5.74, 6) is 0.679. The van der Waals surface area contributed by atoms with Crippen molar-refractivity contribution in [2.45, 2.75) is 32.9 Å². The summed E-state index contributed by atoms with van der Waals surface area (Å²) in [4.78, 5) is 5.80. The van der Waals surface area contributed by atoms with E-state index in [2.05, 4.69) is 34.4 Å². The maximum atomic E-state index is 6.03. The molecule has 0 spiro atoms. The number of hydrogen-bond donors (Lipinski definition) is 1. The first-order chi connectivity index (χ1) is 9.54. The maximum absolute atomic E-state index is 6.03. The minimum Gasteiger partial charge on any atom is -0.331 e. The van der Waals surface area contributed by atoms with Crippen LogP contribution >= 0.6 is 23.8 Å². The Hall–Kier alpha value is -0.840. The van der Waals surface area contributed by atoms with E-state index in [1.54, 1.807) is 0 Å². The smallest absolute Gasteiger partial charge is 0.178 e. The van der Waals surface area contributed by atoms with E-state index in [4.69, 9.17) is 23.8 Å². The van der Waals surface area contributed by atoms with Crippen LogP contribution in [0.15, 0.2) is 18.2 Å². The van der Waals surface area contributed by atoms with Crippen LogP contribution in [0.4, 0.5) is 0 Å². The van der Waals surface area contributed by atoms with Crippen molar-refractivity contribution < 1.29 is 0 Å². The summed E-state index contributed by atoms with van der Waals surface area (Å²) < 4.78 is 3.01. The SMILES string of the molecule is CC(C)N1CCC(Cn2c(=S)[nH]c3cc(Cl)ccc32)C1. The summed E-state index contributed by atoms with van der Waals surface area (Å²) >= 11 is 11.5. The Balaban J connectivity index is 1.85. The first-order valence-corrected chi connectivity index (χ1v) is 7.95. The van der Waals surface area contributed by atoms with Gasteiger partial charge >= 0.3 is 0 Å². The third-order valence-corrected chi connectivity index (χ3v) is 4.78. The standard InChI is InChI=1S/C15H20ClN3S/c1-10(2)18-6-5-11(8-18)9-19-14-4-3-12(16)7-13(14)17-15(19)20/h3-4,7,10-11H,5-6,8-9H2,1-2H3,(H,17,20). The molecule has 1 unspecified atom stereocenters. The van der Waals surface area contributed by atoms with Gasteiger partial charge in [0.05, 0.1) is 11.0 Å². The van der Waals surface area contributed by atoms with E-state index in [0.717, 1.165) is 27.4 Å². The van der Waals surface area contributed by atoms with Crippen LogP contribution in [0.5, 0.6) is 0 Å².